The fourth-order valence-corrected chi connectivity index (χ4v) is 5.38. The molecule has 2 aromatic rings. The highest BCUT2D eigenvalue weighted by atomic mass is 32.2. The van der Waals surface area contributed by atoms with Gasteiger partial charge in [0.2, 0.25) is 5.91 Å². The summed E-state index contributed by atoms with van der Waals surface area (Å²) >= 11 is 0. The monoisotopic (exact) mass is 480 g/mol. The number of nitrogens with one attached hydrogen (secondary N) is 2. The van der Waals surface area contributed by atoms with Gasteiger partial charge in [-0.2, -0.15) is 0 Å². The van der Waals surface area contributed by atoms with Crippen molar-refractivity contribution in [3.63, 3.8) is 0 Å². The minimum atomic E-state index is -3.94. The van der Waals surface area contributed by atoms with Crippen molar-refractivity contribution in [2.24, 2.45) is 5.92 Å². The Labute approximate surface area is 194 Å². The zero-order valence-electron chi connectivity index (χ0n) is 19.6. The summed E-state index contributed by atoms with van der Waals surface area (Å²) in [6, 6.07) is 4.54. The number of aryl methyl sites for hydroxylation is 2. The van der Waals surface area contributed by atoms with Crippen molar-refractivity contribution in [2.45, 2.75) is 51.2 Å². The van der Waals surface area contributed by atoms with Gasteiger partial charge in [0.1, 0.15) is 17.5 Å². The van der Waals surface area contributed by atoms with Gasteiger partial charge in [-0.15, -0.1) is 0 Å². The number of aromatic nitrogens is 1. The number of hydrogen-bond acceptors (Lipinski definition) is 8. The zero-order valence-corrected chi connectivity index (χ0v) is 20.4. The van der Waals surface area contributed by atoms with Crippen LogP contribution < -0.4 is 14.8 Å². The number of fused-ring (bicyclic) bond motifs is 1. The van der Waals surface area contributed by atoms with Crippen molar-refractivity contribution in [2.75, 3.05) is 31.5 Å². The molecule has 1 aromatic carbocycles. The molecule has 3 atom stereocenters. The maximum absolute atomic E-state index is 13.1. The topological polar surface area (TPSA) is 134 Å². The lowest BCUT2D eigenvalue weighted by molar-refractivity contribution is -0.134. The molecule has 0 bridgehead atoms. The smallest absolute Gasteiger partial charge is 0.267 e. The number of anilines is 1. The van der Waals surface area contributed by atoms with Crippen LogP contribution in [-0.2, 0) is 21.2 Å². The van der Waals surface area contributed by atoms with Crippen LogP contribution in [0.4, 0.5) is 5.69 Å². The number of aliphatic hydroxyl groups excluding tert-OH is 1. The highest BCUT2D eigenvalue weighted by molar-refractivity contribution is 7.92. The molecule has 1 aliphatic rings. The molecule has 3 rings (SSSR count). The molecule has 1 aliphatic heterocycles. The van der Waals surface area contributed by atoms with Gasteiger partial charge in [-0.05, 0) is 46.0 Å². The normalized spacial score (nSPS) is 20.3. The molecule has 0 unspecified atom stereocenters. The van der Waals surface area contributed by atoms with Gasteiger partial charge in [0.25, 0.3) is 10.0 Å². The number of amides is 1. The van der Waals surface area contributed by atoms with E-state index in [0.717, 1.165) is 0 Å². The largest absolute Gasteiger partial charge is 0.488 e. The van der Waals surface area contributed by atoms with Crippen molar-refractivity contribution in [3.05, 3.63) is 35.2 Å². The molecule has 0 aliphatic carbocycles. The van der Waals surface area contributed by atoms with Crippen LogP contribution in [0.5, 0.6) is 5.75 Å². The molecule has 10 nitrogen and oxygen atoms in total. The number of likely N-dealkylation sites (N-methyl/N-ethyl adjacent to an activating group) is 1. The molecule has 0 fully saturated rings. The molecule has 0 radical (unpaired) electrons. The number of carbonyl (C=O) groups is 1. The zero-order chi connectivity index (χ0) is 24.3. The number of sulfonamides is 1. The molecule has 1 amide bonds. The third-order valence-electron chi connectivity index (χ3n) is 5.81. The Bertz CT molecular complexity index is 1080. The summed E-state index contributed by atoms with van der Waals surface area (Å²) in [6.07, 6.45) is -0.211. The fraction of sp³-hybridized carbons (Fsp3) is 0.545. The third-order valence-corrected chi connectivity index (χ3v) is 7.44. The maximum atomic E-state index is 13.1. The number of benzene rings is 1. The van der Waals surface area contributed by atoms with Gasteiger partial charge in [-0.1, -0.05) is 12.1 Å². The lowest BCUT2D eigenvalue weighted by atomic mass is 10.0. The average Bonchev–Trinajstić information content (AvgIpc) is 3.12. The van der Waals surface area contributed by atoms with Gasteiger partial charge in [-0.25, -0.2) is 8.42 Å². The van der Waals surface area contributed by atoms with Crippen molar-refractivity contribution in [1.29, 1.82) is 0 Å². The highest BCUT2D eigenvalue weighted by Gasteiger charge is 2.31. The van der Waals surface area contributed by atoms with E-state index in [9.17, 15) is 18.3 Å². The van der Waals surface area contributed by atoms with Crippen LogP contribution in [0.1, 0.15) is 30.9 Å². The molecule has 0 saturated carbocycles. The van der Waals surface area contributed by atoms with Crippen molar-refractivity contribution >= 4 is 21.6 Å². The molecule has 0 spiro atoms. The lowest BCUT2D eigenvalue weighted by Crippen LogP contribution is -2.47. The molecule has 1 aromatic heterocycles. The molecule has 2 heterocycles. The Hall–Kier alpha value is -2.63. The first kappa shape index (κ1) is 25.0. The summed E-state index contributed by atoms with van der Waals surface area (Å²) in [5.41, 5.74) is 1.12. The Morgan fingerprint density at radius 2 is 2.06 bits per heavy atom. The first-order chi connectivity index (χ1) is 15.6. The van der Waals surface area contributed by atoms with Gasteiger partial charge in [0.15, 0.2) is 10.7 Å². The number of carbonyl (C=O) groups excluding carboxylic acids is 1. The highest BCUT2D eigenvalue weighted by Crippen LogP contribution is 2.30. The number of aliphatic hydroxyl groups is 1. The van der Waals surface area contributed by atoms with E-state index in [4.69, 9.17) is 9.26 Å². The number of rotatable bonds is 7. The second-order valence-electron chi connectivity index (χ2n) is 8.53. The SMILES string of the molecule is CNC[C@@H]1Oc2ccc(NS(=O)(=O)c3c(C)noc3C)cc2CC(=O)N([C@H](C)CO)C[C@@H]1C. The van der Waals surface area contributed by atoms with Gasteiger partial charge in [-0.3, -0.25) is 9.52 Å². The summed E-state index contributed by atoms with van der Waals surface area (Å²) < 4.78 is 39.7. The molecule has 0 saturated heterocycles. The number of ether oxygens (including phenoxy) is 1. The number of hydrogen-bond donors (Lipinski definition) is 3. The minimum absolute atomic E-state index is 0.000860. The molecule has 11 heteroatoms. The van der Waals surface area contributed by atoms with E-state index >= 15 is 0 Å². The van der Waals surface area contributed by atoms with E-state index in [2.05, 4.69) is 15.2 Å². The summed E-state index contributed by atoms with van der Waals surface area (Å²) in [4.78, 5) is 14.8. The Morgan fingerprint density at radius 3 is 2.67 bits per heavy atom. The first-order valence-corrected chi connectivity index (χ1v) is 12.4. The molecule has 182 valence electrons. The maximum Gasteiger partial charge on any atom is 0.267 e. The quantitative estimate of drug-likeness (QED) is 0.542. The average molecular weight is 481 g/mol. The predicted octanol–water partition coefficient (Wildman–Crippen LogP) is 1.46. The minimum Gasteiger partial charge on any atom is -0.488 e. The molecular weight excluding hydrogens is 448 g/mol. The summed E-state index contributed by atoms with van der Waals surface area (Å²) in [5.74, 6) is 0.552. The van der Waals surface area contributed by atoms with Crippen molar-refractivity contribution in [1.82, 2.24) is 15.4 Å². The molecule has 3 N–H and O–H groups in total. The van der Waals surface area contributed by atoms with Crippen LogP contribution in [0.2, 0.25) is 0 Å². The third kappa shape index (κ3) is 5.48. The van der Waals surface area contributed by atoms with E-state index < -0.39 is 10.0 Å². The van der Waals surface area contributed by atoms with Crippen LogP contribution in [0.15, 0.2) is 27.6 Å². The van der Waals surface area contributed by atoms with Crippen molar-refractivity contribution < 1.29 is 27.6 Å². The second kappa shape index (κ2) is 10.1. The lowest BCUT2D eigenvalue weighted by Gasteiger charge is -2.32. The Kier molecular flexibility index (Phi) is 7.65. The van der Waals surface area contributed by atoms with Gasteiger partial charge < -0.3 is 24.6 Å². The van der Waals surface area contributed by atoms with E-state index in [-0.39, 0.29) is 53.3 Å². The number of nitrogens with zero attached hydrogens (tertiary/aromatic N) is 2. The van der Waals surface area contributed by atoms with E-state index in [0.29, 0.717) is 30.1 Å². The van der Waals surface area contributed by atoms with E-state index in [1.54, 1.807) is 36.9 Å². The first-order valence-electron chi connectivity index (χ1n) is 10.9. The summed E-state index contributed by atoms with van der Waals surface area (Å²) in [5, 5.41) is 16.5. The fourth-order valence-electron chi connectivity index (χ4n) is 4.00. The van der Waals surface area contributed by atoms with Crippen LogP contribution >= 0.6 is 0 Å². The van der Waals surface area contributed by atoms with Crippen LogP contribution in [0.25, 0.3) is 0 Å². The second-order valence-corrected chi connectivity index (χ2v) is 10.1. The van der Waals surface area contributed by atoms with Gasteiger partial charge in [0.05, 0.1) is 19.1 Å². The van der Waals surface area contributed by atoms with Crippen molar-refractivity contribution in [3.8, 4) is 5.75 Å². The van der Waals surface area contributed by atoms with E-state index in [1.165, 1.54) is 6.92 Å². The Balaban J connectivity index is 1.98. The summed E-state index contributed by atoms with van der Waals surface area (Å²) in [6.45, 7) is 7.74. The summed E-state index contributed by atoms with van der Waals surface area (Å²) in [7, 11) is -2.11. The van der Waals surface area contributed by atoms with Crippen LogP contribution in [-0.4, -0.2) is 68.4 Å². The van der Waals surface area contributed by atoms with E-state index in [1.807, 2.05) is 14.0 Å². The molecular formula is C22H32N4O6S. The van der Waals surface area contributed by atoms with Gasteiger partial charge >= 0.3 is 0 Å². The van der Waals surface area contributed by atoms with Crippen LogP contribution in [0, 0.1) is 19.8 Å². The molecule has 33 heavy (non-hydrogen) atoms. The van der Waals surface area contributed by atoms with Crippen LogP contribution in [0.3, 0.4) is 0 Å². The predicted molar refractivity (Wildman–Crippen MR) is 123 cm³/mol. The Morgan fingerprint density at radius 1 is 1.33 bits per heavy atom. The van der Waals surface area contributed by atoms with Gasteiger partial charge in [0, 0.05) is 30.3 Å². The standard InChI is InChI=1S/C22H32N4O6S/c1-13-11-26(14(2)12-27)21(28)9-17-8-18(6-7-19(17)31-20(13)10-23-5)25-33(29,30)22-15(3)24-32-16(22)4/h6-8,13-14,20,23,25,27H,9-12H2,1-5H3/t13-,14+,20-/m0/s1.